The van der Waals surface area contributed by atoms with Crippen molar-refractivity contribution in [2.45, 2.75) is 85.6 Å². The summed E-state index contributed by atoms with van der Waals surface area (Å²) in [6, 6.07) is 0.700. The largest absolute Gasteiger partial charge is 0.314 e. The maximum atomic E-state index is 3.65. The van der Waals surface area contributed by atoms with Gasteiger partial charge in [0.15, 0.2) is 0 Å². The van der Waals surface area contributed by atoms with E-state index in [9.17, 15) is 0 Å². The molecule has 1 N–H and O–H groups in total. The molecule has 0 fully saturated rings. The van der Waals surface area contributed by atoms with Gasteiger partial charge in [-0.25, -0.2) is 0 Å². The Bertz CT molecular complexity index is 156. The van der Waals surface area contributed by atoms with Crippen LogP contribution in [0.2, 0.25) is 0 Å². The number of hydrogen-bond acceptors (Lipinski definition) is 1. The summed E-state index contributed by atoms with van der Waals surface area (Å²) in [5.74, 6) is 1.76. The fourth-order valence-corrected chi connectivity index (χ4v) is 2.23. The van der Waals surface area contributed by atoms with Crippen molar-refractivity contribution in [3.05, 3.63) is 0 Å². The molecule has 0 aliphatic heterocycles. The fourth-order valence-electron chi connectivity index (χ4n) is 2.23. The molecule has 0 amide bonds. The van der Waals surface area contributed by atoms with Crippen LogP contribution in [-0.4, -0.2) is 12.6 Å². The Balaban J connectivity index is 3.35. The molecule has 0 rings (SSSR count). The van der Waals surface area contributed by atoms with Crippen molar-refractivity contribution in [1.29, 1.82) is 0 Å². The van der Waals surface area contributed by atoms with Crippen molar-refractivity contribution in [1.82, 2.24) is 5.32 Å². The maximum absolute atomic E-state index is 3.65. The van der Waals surface area contributed by atoms with Crippen molar-refractivity contribution in [2.75, 3.05) is 6.54 Å². The lowest BCUT2D eigenvalue weighted by Crippen LogP contribution is -2.30. The molecule has 3 atom stereocenters. The van der Waals surface area contributed by atoms with Gasteiger partial charge in [0.2, 0.25) is 0 Å². The van der Waals surface area contributed by atoms with Gasteiger partial charge in [-0.2, -0.15) is 0 Å². The van der Waals surface area contributed by atoms with Gasteiger partial charge < -0.3 is 5.32 Å². The summed E-state index contributed by atoms with van der Waals surface area (Å²) in [5.41, 5.74) is 0. The molecule has 0 bridgehead atoms. The number of rotatable bonds is 11. The van der Waals surface area contributed by atoms with Crippen LogP contribution in [0.4, 0.5) is 0 Å². The molecule has 104 valence electrons. The second-order valence-corrected chi connectivity index (χ2v) is 6.00. The highest BCUT2D eigenvalue weighted by atomic mass is 14.9. The Labute approximate surface area is 110 Å². The minimum absolute atomic E-state index is 0.700. The molecule has 0 saturated heterocycles. The third kappa shape index (κ3) is 10.8. The molecule has 17 heavy (non-hydrogen) atoms. The lowest BCUT2D eigenvalue weighted by molar-refractivity contribution is 0.409. The van der Waals surface area contributed by atoms with Crippen LogP contribution in [0.1, 0.15) is 79.6 Å². The van der Waals surface area contributed by atoms with E-state index in [-0.39, 0.29) is 0 Å². The fraction of sp³-hybridized carbons (Fsp3) is 1.00. The van der Waals surface area contributed by atoms with Crippen LogP contribution in [0.5, 0.6) is 0 Å². The Morgan fingerprint density at radius 3 is 2.06 bits per heavy atom. The normalized spacial score (nSPS) is 16.8. The minimum Gasteiger partial charge on any atom is -0.314 e. The molecule has 0 heterocycles. The molecule has 0 aromatic rings. The molecular formula is C16H35N. The SMILES string of the molecule is CCCC(C)CCCCC(C)NCC(C)CC. The van der Waals surface area contributed by atoms with E-state index in [1.165, 1.54) is 51.5 Å². The Kier molecular flexibility index (Phi) is 11.0. The Morgan fingerprint density at radius 2 is 1.47 bits per heavy atom. The first kappa shape index (κ1) is 17.0. The molecule has 0 aromatic heterocycles. The standard InChI is InChI=1S/C16H35N/c1-6-10-15(4)11-8-9-12-16(5)17-13-14(3)7-2/h14-17H,6-13H2,1-5H3. The van der Waals surface area contributed by atoms with Gasteiger partial charge in [0.05, 0.1) is 0 Å². The highest BCUT2D eigenvalue weighted by molar-refractivity contribution is 4.64. The number of nitrogens with one attached hydrogen (secondary N) is 1. The average molecular weight is 241 g/mol. The molecule has 0 radical (unpaired) electrons. The first-order valence-electron chi connectivity index (χ1n) is 7.83. The Morgan fingerprint density at radius 1 is 0.824 bits per heavy atom. The van der Waals surface area contributed by atoms with Crippen LogP contribution in [-0.2, 0) is 0 Å². The molecule has 0 spiro atoms. The van der Waals surface area contributed by atoms with Crippen molar-refractivity contribution >= 4 is 0 Å². The highest BCUT2D eigenvalue weighted by Gasteiger charge is 2.05. The zero-order valence-corrected chi connectivity index (χ0v) is 12.9. The third-order valence-corrected chi connectivity index (χ3v) is 3.88. The number of unbranched alkanes of at least 4 members (excludes halogenated alkanes) is 1. The zero-order chi connectivity index (χ0) is 13.1. The van der Waals surface area contributed by atoms with Crippen LogP contribution in [0.25, 0.3) is 0 Å². The van der Waals surface area contributed by atoms with Crippen molar-refractivity contribution < 1.29 is 0 Å². The van der Waals surface area contributed by atoms with Crippen molar-refractivity contribution in [2.24, 2.45) is 11.8 Å². The van der Waals surface area contributed by atoms with Crippen molar-refractivity contribution in [3.63, 3.8) is 0 Å². The maximum Gasteiger partial charge on any atom is 0.00388 e. The monoisotopic (exact) mass is 241 g/mol. The van der Waals surface area contributed by atoms with E-state index in [2.05, 4.69) is 39.9 Å². The average Bonchev–Trinajstić information content (AvgIpc) is 2.32. The topological polar surface area (TPSA) is 12.0 Å². The van der Waals surface area contributed by atoms with E-state index in [1.54, 1.807) is 0 Å². The number of hydrogen-bond donors (Lipinski definition) is 1. The molecule has 0 aromatic carbocycles. The van der Waals surface area contributed by atoms with Crippen LogP contribution in [0.3, 0.4) is 0 Å². The molecule has 1 heteroatoms. The quantitative estimate of drug-likeness (QED) is 0.502. The van der Waals surface area contributed by atoms with E-state index in [4.69, 9.17) is 0 Å². The van der Waals surface area contributed by atoms with Crippen LogP contribution in [0, 0.1) is 11.8 Å². The van der Waals surface area contributed by atoms with Gasteiger partial charge in [-0.3, -0.25) is 0 Å². The molecule has 0 saturated carbocycles. The summed E-state index contributed by atoms with van der Waals surface area (Å²) in [6.07, 6.45) is 9.60. The van der Waals surface area contributed by atoms with Gasteiger partial charge in [0, 0.05) is 6.04 Å². The van der Waals surface area contributed by atoms with Gasteiger partial charge in [0.25, 0.3) is 0 Å². The minimum atomic E-state index is 0.700. The summed E-state index contributed by atoms with van der Waals surface area (Å²) >= 11 is 0. The van der Waals surface area contributed by atoms with Gasteiger partial charge >= 0.3 is 0 Å². The third-order valence-electron chi connectivity index (χ3n) is 3.88. The van der Waals surface area contributed by atoms with E-state index in [0.29, 0.717) is 6.04 Å². The van der Waals surface area contributed by atoms with Gasteiger partial charge in [0.1, 0.15) is 0 Å². The van der Waals surface area contributed by atoms with Crippen molar-refractivity contribution in [3.8, 4) is 0 Å². The molecule has 0 aliphatic rings. The van der Waals surface area contributed by atoms with Crippen LogP contribution in [0.15, 0.2) is 0 Å². The molecular weight excluding hydrogens is 206 g/mol. The lowest BCUT2D eigenvalue weighted by atomic mass is 9.98. The van der Waals surface area contributed by atoms with Crippen LogP contribution < -0.4 is 5.32 Å². The molecule has 1 nitrogen and oxygen atoms in total. The van der Waals surface area contributed by atoms with E-state index >= 15 is 0 Å². The Hall–Kier alpha value is -0.0400. The molecule has 0 aliphatic carbocycles. The first-order valence-corrected chi connectivity index (χ1v) is 7.83. The van der Waals surface area contributed by atoms with Gasteiger partial charge in [-0.05, 0) is 31.7 Å². The first-order chi connectivity index (χ1) is 8.10. The van der Waals surface area contributed by atoms with E-state index < -0.39 is 0 Å². The summed E-state index contributed by atoms with van der Waals surface area (Å²) in [6.45, 7) is 12.8. The summed E-state index contributed by atoms with van der Waals surface area (Å²) < 4.78 is 0. The predicted molar refractivity (Wildman–Crippen MR) is 79.5 cm³/mol. The smallest absolute Gasteiger partial charge is 0.00388 e. The summed E-state index contributed by atoms with van der Waals surface area (Å²) in [4.78, 5) is 0. The second kappa shape index (κ2) is 11.1. The summed E-state index contributed by atoms with van der Waals surface area (Å²) in [7, 11) is 0. The van der Waals surface area contributed by atoms with E-state index in [1.807, 2.05) is 0 Å². The predicted octanol–water partition coefficient (Wildman–Crippen LogP) is 5.01. The summed E-state index contributed by atoms with van der Waals surface area (Å²) in [5, 5.41) is 3.65. The van der Waals surface area contributed by atoms with E-state index in [0.717, 1.165) is 11.8 Å². The highest BCUT2D eigenvalue weighted by Crippen LogP contribution is 2.15. The second-order valence-electron chi connectivity index (χ2n) is 6.00. The van der Waals surface area contributed by atoms with Gasteiger partial charge in [-0.15, -0.1) is 0 Å². The van der Waals surface area contributed by atoms with Crippen LogP contribution >= 0.6 is 0 Å². The zero-order valence-electron chi connectivity index (χ0n) is 12.9. The van der Waals surface area contributed by atoms with Gasteiger partial charge in [-0.1, -0.05) is 66.2 Å². The molecule has 3 unspecified atom stereocenters. The lowest BCUT2D eigenvalue weighted by Gasteiger charge is -2.17.